The Morgan fingerprint density at radius 3 is 2.59 bits per heavy atom. The van der Waals surface area contributed by atoms with Crippen LogP contribution in [-0.2, 0) is 0 Å². The van der Waals surface area contributed by atoms with Gasteiger partial charge in [-0.25, -0.2) is 4.39 Å². The molecule has 156 valence electrons. The number of anilines is 1. The highest BCUT2D eigenvalue weighted by atomic mass is 35.5. The van der Waals surface area contributed by atoms with E-state index in [-0.39, 0.29) is 11.7 Å². The normalized spacial score (nSPS) is 14.5. The van der Waals surface area contributed by atoms with Crippen molar-refractivity contribution in [3.8, 4) is 11.5 Å². The van der Waals surface area contributed by atoms with Gasteiger partial charge in [0.15, 0.2) is 11.5 Å². The van der Waals surface area contributed by atoms with Crippen molar-refractivity contribution in [1.82, 2.24) is 4.90 Å². The van der Waals surface area contributed by atoms with Gasteiger partial charge >= 0.3 is 0 Å². The van der Waals surface area contributed by atoms with E-state index in [4.69, 9.17) is 21.1 Å². The first-order valence-corrected chi connectivity index (χ1v) is 10.2. The Kier molecular flexibility index (Phi) is 7.20. The van der Waals surface area contributed by atoms with Crippen LogP contribution < -0.4 is 14.4 Å². The van der Waals surface area contributed by atoms with Crippen LogP contribution in [0.25, 0.3) is 0 Å². The molecule has 1 aliphatic rings. The third kappa shape index (κ3) is 5.12. The average molecular weight is 421 g/mol. The SMILES string of the molecule is CCCOc1c(Cl)cc(C(=O)N2CCCN(c3ccc(F)cc3)CC2)cc1OC. The van der Waals surface area contributed by atoms with Crippen molar-refractivity contribution in [3.63, 3.8) is 0 Å². The van der Waals surface area contributed by atoms with E-state index in [1.54, 1.807) is 24.3 Å². The largest absolute Gasteiger partial charge is 0.493 e. The highest BCUT2D eigenvalue weighted by molar-refractivity contribution is 6.32. The van der Waals surface area contributed by atoms with Crippen molar-refractivity contribution in [2.45, 2.75) is 19.8 Å². The number of carbonyl (C=O) groups excluding carboxylic acids is 1. The molecule has 0 N–H and O–H groups in total. The predicted octanol–water partition coefficient (Wildman–Crippen LogP) is 4.63. The summed E-state index contributed by atoms with van der Waals surface area (Å²) in [5.41, 5.74) is 1.44. The fourth-order valence-electron chi connectivity index (χ4n) is 3.40. The molecule has 2 aromatic carbocycles. The number of halogens is 2. The summed E-state index contributed by atoms with van der Waals surface area (Å²) in [6.45, 7) is 5.24. The van der Waals surface area contributed by atoms with Gasteiger partial charge in [0.25, 0.3) is 5.91 Å². The Morgan fingerprint density at radius 2 is 1.90 bits per heavy atom. The molecule has 0 spiro atoms. The number of hydrogen-bond donors (Lipinski definition) is 0. The molecule has 0 saturated carbocycles. The molecule has 7 heteroatoms. The van der Waals surface area contributed by atoms with Gasteiger partial charge in [-0.15, -0.1) is 0 Å². The first kappa shape index (κ1) is 21.2. The standard InChI is InChI=1S/C22H26ClFN2O3/c1-3-13-29-21-19(23)14-16(15-20(21)28-2)22(27)26-10-4-9-25(11-12-26)18-7-5-17(24)6-8-18/h5-8,14-15H,3-4,9-13H2,1-2H3. The maximum absolute atomic E-state index is 13.2. The van der Waals surface area contributed by atoms with Gasteiger partial charge in [-0.05, 0) is 49.2 Å². The summed E-state index contributed by atoms with van der Waals surface area (Å²) in [5, 5.41) is 0.365. The predicted molar refractivity (Wildman–Crippen MR) is 113 cm³/mol. The first-order valence-electron chi connectivity index (χ1n) is 9.83. The van der Waals surface area contributed by atoms with E-state index in [9.17, 15) is 9.18 Å². The number of methoxy groups -OCH3 is 1. The summed E-state index contributed by atoms with van der Waals surface area (Å²) in [5.74, 6) is 0.578. The van der Waals surface area contributed by atoms with Crippen molar-refractivity contribution < 1.29 is 18.7 Å². The highest BCUT2D eigenvalue weighted by Gasteiger charge is 2.23. The lowest BCUT2D eigenvalue weighted by molar-refractivity contribution is 0.0766. The van der Waals surface area contributed by atoms with E-state index in [0.717, 1.165) is 25.1 Å². The highest BCUT2D eigenvalue weighted by Crippen LogP contribution is 2.37. The molecule has 3 rings (SSSR count). The van der Waals surface area contributed by atoms with Crippen LogP contribution in [0.2, 0.25) is 5.02 Å². The summed E-state index contributed by atoms with van der Waals surface area (Å²) >= 11 is 6.37. The molecular formula is C22H26ClFN2O3. The Labute approximate surface area is 176 Å². The summed E-state index contributed by atoms with van der Waals surface area (Å²) in [6, 6.07) is 9.78. The van der Waals surface area contributed by atoms with Crippen LogP contribution in [0, 0.1) is 5.82 Å². The smallest absolute Gasteiger partial charge is 0.254 e. The minimum atomic E-state index is -0.252. The van der Waals surface area contributed by atoms with Gasteiger partial charge in [0.05, 0.1) is 18.7 Å². The zero-order valence-corrected chi connectivity index (χ0v) is 17.5. The number of ether oxygens (including phenoxy) is 2. The van der Waals surface area contributed by atoms with Crippen LogP contribution in [0.3, 0.4) is 0 Å². The lowest BCUT2D eigenvalue weighted by Gasteiger charge is -2.24. The van der Waals surface area contributed by atoms with Gasteiger partial charge in [0, 0.05) is 37.4 Å². The molecule has 0 unspecified atom stereocenters. The topological polar surface area (TPSA) is 42.0 Å². The van der Waals surface area contributed by atoms with Crippen LogP contribution in [0.1, 0.15) is 30.1 Å². The first-order chi connectivity index (χ1) is 14.0. The van der Waals surface area contributed by atoms with Gasteiger partial charge in [0.1, 0.15) is 5.82 Å². The van der Waals surface area contributed by atoms with E-state index in [1.807, 2.05) is 11.8 Å². The molecule has 0 radical (unpaired) electrons. The molecule has 1 fully saturated rings. The van der Waals surface area contributed by atoms with Crippen LogP contribution in [0.5, 0.6) is 11.5 Å². The minimum Gasteiger partial charge on any atom is -0.493 e. The fourth-order valence-corrected chi connectivity index (χ4v) is 3.67. The number of benzene rings is 2. The van der Waals surface area contributed by atoms with Crippen molar-refractivity contribution in [3.05, 3.63) is 52.8 Å². The van der Waals surface area contributed by atoms with Crippen molar-refractivity contribution in [2.75, 3.05) is 44.8 Å². The summed E-state index contributed by atoms with van der Waals surface area (Å²) < 4.78 is 24.2. The lowest BCUT2D eigenvalue weighted by atomic mass is 10.1. The van der Waals surface area contributed by atoms with Crippen molar-refractivity contribution >= 4 is 23.2 Å². The van der Waals surface area contributed by atoms with Gasteiger partial charge in [-0.2, -0.15) is 0 Å². The molecule has 1 amide bonds. The number of rotatable bonds is 6. The van der Waals surface area contributed by atoms with Gasteiger partial charge in [-0.1, -0.05) is 18.5 Å². The van der Waals surface area contributed by atoms with Crippen LogP contribution >= 0.6 is 11.6 Å². The molecule has 29 heavy (non-hydrogen) atoms. The van der Waals surface area contributed by atoms with Crippen LogP contribution in [-0.4, -0.2) is 50.7 Å². The Morgan fingerprint density at radius 1 is 1.14 bits per heavy atom. The van der Waals surface area contributed by atoms with Gasteiger partial charge < -0.3 is 19.3 Å². The van der Waals surface area contributed by atoms with Crippen LogP contribution in [0.15, 0.2) is 36.4 Å². The molecule has 5 nitrogen and oxygen atoms in total. The monoisotopic (exact) mass is 420 g/mol. The van der Waals surface area contributed by atoms with Crippen LogP contribution in [0.4, 0.5) is 10.1 Å². The second-order valence-electron chi connectivity index (χ2n) is 6.95. The van der Waals surface area contributed by atoms with E-state index >= 15 is 0 Å². The quantitative estimate of drug-likeness (QED) is 0.683. The van der Waals surface area contributed by atoms with Gasteiger partial charge in [0.2, 0.25) is 0 Å². The molecule has 0 bridgehead atoms. The zero-order chi connectivity index (χ0) is 20.8. The molecule has 1 heterocycles. The Hall–Kier alpha value is -2.47. The van der Waals surface area contributed by atoms with E-state index in [2.05, 4.69) is 4.90 Å². The number of carbonyl (C=O) groups is 1. The van der Waals surface area contributed by atoms with E-state index in [0.29, 0.717) is 48.3 Å². The minimum absolute atomic E-state index is 0.0896. The Bertz CT molecular complexity index is 845. The molecule has 0 atom stereocenters. The third-order valence-corrected chi connectivity index (χ3v) is 5.18. The summed E-state index contributed by atoms with van der Waals surface area (Å²) in [6.07, 6.45) is 1.67. The molecule has 1 saturated heterocycles. The molecule has 2 aromatic rings. The van der Waals surface area contributed by atoms with Crippen molar-refractivity contribution in [2.24, 2.45) is 0 Å². The second-order valence-corrected chi connectivity index (χ2v) is 7.35. The fraction of sp³-hybridized carbons (Fsp3) is 0.409. The van der Waals surface area contributed by atoms with E-state index in [1.165, 1.54) is 19.2 Å². The maximum Gasteiger partial charge on any atom is 0.254 e. The van der Waals surface area contributed by atoms with Crippen molar-refractivity contribution in [1.29, 1.82) is 0 Å². The number of amides is 1. The van der Waals surface area contributed by atoms with Gasteiger partial charge in [-0.3, -0.25) is 4.79 Å². The average Bonchev–Trinajstić information content (AvgIpc) is 2.98. The number of nitrogens with zero attached hydrogens (tertiary/aromatic N) is 2. The second kappa shape index (κ2) is 9.83. The molecular weight excluding hydrogens is 395 g/mol. The third-order valence-electron chi connectivity index (χ3n) is 4.90. The molecule has 0 aliphatic carbocycles. The molecule has 0 aromatic heterocycles. The Balaban J connectivity index is 1.73. The summed E-state index contributed by atoms with van der Waals surface area (Å²) in [7, 11) is 1.53. The zero-order valence-electron chi connectivity index (χ0n) is 16.8. The number of hydrogen-bond acceptors (Lipinski definition) is 4. The molecule has 1 aliphatic heterocycles. The maximum atomic E-state index is 13.2. The van der Waals surface area contributed by atoms with E-state index < -0.39 is 0 Å². The lowest BCUT2D eigenvalue weighted by Crippen LogP contribution is -2.35. The summed E-state index contributed by atoms with van der Waals surface area (Å²) in [4.78, 5) is 17.1.